The smallest absolute Gasteiger partial charge is 0.0589 e. The first-order chi connectivity index (χ1) is 7.85. The molecule has 0 spiro atoms. The van der Waals surface area contributed by atoms with Gasteiger partial charge in [-0.25, -0.2) is 0 Å². The summed E-state index contributed by atoms with van der Waals surface area (Å²) < 4.78 is 5.22. The number of nitrogens with zero attached hydrogens (tertiary/aromatic N) is 1. The van der Waals surface area contributed by atoms with Crippen LogP contribution in [-0.2, 0) is 4.74 Å². The van der Waals surface area contributed by atoms with E-state index in [0.717, 1.165) is 26.1 Å². The highest BCUT2D eigenvalue weighted by molar-refractivity contribution is 4.88. The lowest BCUT2D eigenvalue weighted by atomic mass is 9.88. The van der Waals surface area contributed by atoms with Gasteiger partial charge in [0, 0.05) is 32.3 Å². The van der Waals surface area contributed by atoms with E-state index >= 15 is 0 Å². The largest absolute Gasteiger partial charge is 0.383 e. The third-order valence-electron chi connectivity index (χ3n) is 3.20. The van der Waals surface area contributed by atoms with Crippen molar-refractivity contribution >= 4 is 0 Å². The number of hydrogen-bond donors (Lipinski definition) is 1. The summed E-state index contributed by atoms with van der Waals surface area (Å²) in [4.78, 5) is 2.50. The van der Waals surface area contributed by atoms with Crippen molar-refractivity contribution in [3.8, 4) is 0 Å². The highest BCUT2D eigenvalue weighted by atomic mass is 16.5. The zero-order chi connectivity index (χ0) is 13.5. The fourth-order valence-corrected chi connectivity index (χ4v) is 2.44. The maximum Gasteiger partial charge on any atom is 0.0589 e. The van der Waals surface area contributed by atoms with Gasteiger partial charge in [0.05, 0.1) is 6.61 Å². The summed E-state index contributed by atoms with van der Waals surface area (Å²) in [6.45, 7) is 14.9. The van der Waals surface area contributed by atoms with E-state index in [1.165, 1.54) is 0 Å². The summed E-state index contributed by atoms with van der Waals surface area (Å²) >= 11 is 0. The SMILES string of the molecule is COCCN(CC(C)C)C(C)(CN)CC(C)C. The Kier molecular flexibility index (Phi) is 8.01. The Morgan fingerprint density at radius 1 is 1.18 bits per heavy atom. The van der Waals surface area contributed by atoms with Crippen molar-refractivity contribution in [1.82, 2.24) is 4.90 Å². The monoisotopic (exact) mass is 244 g/mol. The third-order valence-corrected chi connectivity index (χ3v) is 3.20. The van der Waals surface area contributed by atoms with Crippen LogP contribution in [0.4, 0.5) is 0 Å². The lowest BCUT2D eigenvalue weighted by Crippen LogP contribution is -2.54. The lowest BCUT2D eigenvalue weighted by molar-refractivity contribution is 0.0476. The minimum Gasteiger partial charge on any atom is -0.383 e. The molecule has 0 bridgehead atoms. The van der Waals surface area contributed by atoms with Gasteiger partial charge in [-0.05, 0) is 25.2 Å². The Hall–Kier alpha value is -0.120. The molecule has 0 aliphatic carbocycles. The molecule has 0 aromatic heterocycles. The second-order valence-corrected chi connectivity index (χ2v) is 6.13. The summed E-state index contributed by atoms with van der Waals surface area (Å²) in [7, 11) is 1.76. The molecular formula is C14H32N2O. The van der Waals surface area contributed by atoms with Crippen LogP contribution in [0.1, 0.15) is 41.0 Å². The van der Waals surface area contributed by atoms with Gasteiger partial charge in [0.25, 0.3) is 0 Å². The molecule has 0 aliphatic heterocycles. The van der Waals surface area contributed by atoms with Gasteiger partial charge in [0.1, 0.15) is 0 Å². The number of hydrogen-bond acceptors (Lipinski definition) is 3. The minimum absolute atomic E-state index is 0.0942. The molecule has 0 saturated carbocycles. The first-order valence-corrected chi connectivity index (χ1v) is 6.79. The van der Waals surface area contributed by atoms with E-state index < -0.39 is 0 Å². The van der Waals surface area contributed by atoms with Crippen molar-refractivity contribution in [2.75, 3.05) is 33.4 Å². The first kappa shape index (κ1) is 16.9. The van der Waals surface area contributed by atoms with Crippen LogP contribution in [0.2, 0.25) is 0 Å². The molecule has 2 N–H and O–H groups in total. The summed E-state index contributed by atoms with van der Waals surface area (Å²) in [5.74, 6) is 1.32. The Morgan fingerprint density at radius 2 is 1.76 bits per heavy atom. The standard InChI is InChI=1S/C14H32N2O/c1-12(2)9-14(5,11-15)16(7-8-17-6)10-13(3)4/h12-13H,7-11,15H2,1-6H3. The maximum absolute atomic E-state index is 6.02. The molecule has 0 aliphatic rings. The fourth-order valence-electron chi connectivity index (χ4n) is 2.44. The van der Waals surface area contributed by atoms with E-state index in [-0.39, 0.29) is 5.54 Å². The van der Waals surface area contributed by atoms with Crippen molar-refractivity contribution in [2.45, 2.75) is 46.6 Å². The van der Waals surface area contributed by atoms with Crippen molar-refractivity contribution < 1.29 is 4.74 Å². The topological polar surface area (TPSA) is 38.5 Å². The Labute approximate surface area is 108 Å². The van der Waals surface area contributed by atoms with Crippen LogP contribution in [0.15, 0.2) is 0 Å². The van der Waals surface area contributed by atoms with Gasteiger partial charge in [0.15, 0.2) is 0 Å². The average Bonchev–Trinajstić information content (AvgIpc) is 2.22. The molecule has 0 amide bonds. The molecule has 3 heteroatoms. The molecule has 0 heterocycles. The summed E-state index contributed by atoms with van der Waals surface area (Å²) in [5.41, 5.74) is 6.12. The predicted molar refractivity (Wildman–Crippen MR) is 75.2 cm³/mol. The molecule has 1 atom stereocenters. The van der Waals surface area contributed by atoms with Crippen molar-refractivity contribution in [1.29, 1.82) is 0 Å². The molecule has 0 fully saturated rings. The average molecular weight is 244 g/mol. The van der Waals surface area contributed by atoms with Gasteiger partial charge in [-0.2, -0.15) is 0 Å². The number of rotatable bonds is 9. The third kappa shape index (κ3) is 6.39. The van der Waals surface area contributed by atoms with E-state index in [2.05, 4.69) is 39.5 Å². The van der Waals surface area contributed by atoms with Crippen molar-refractivity contribution in [2.24, 2.45) is 17.6 Å². The van der Waals surface area contributed by atoms with Crippen LogP contribution in [0.5, 0.6) is 0 Å². The van der Waals surface area contributed by atoms with Gasteiger partial charge in [-0.15, -0.1) is 0 Å². The number of ether oxygens (including phenoxy) is 1. The number of methoxy groups -OCH3 is 1. The molecule has 0 saturated heterocycles. The van der Waals surface area contributed by atoms with Crippen LogP contribution in [-0.4, -0.2) is 43.8 Å². The fraction of sp³-hybridized carbons (Fsp3) is 1.00. The molecule has 104 valence electrons. The highest BCUT2D eigenvalue weighted by Crippen LogP contribution is 2.24. The van der Waals surface area contributed by atoms with Crippen LogP contribution >= 0.6 is 0 Å². The zero-order valence-corrected chi connectivity index (χ0v) is 12.6. The van der Waals surface area contributed by atoms with E-state index in [1.807, 2.05) is 0 Å². The molecule has 0 rings (SSSR count). The Balaban J connectivity index is 4.68. The van der Waals surface area contributed by atoms with E-state index in [9.17, 15) is 0 Å². The minimum atomic E-state index is 0.0942. The number of nitrogens with two attached hydrogens (primary N) is 1. The molecule has 3 nitrogen and oxygen atoms in total. The van der Waals surface area contributed by atoms with Crippen LogP contribution in [0.25, 0.3) is 0 Å². The summed E-state index contributed by atoms with van der Waals surface area (Å²) in [5, 5.41) is 0. The van der Waals surface area contributed by atoms with Gasteiger partial charge >= 0.3 is 0 Å². The van der Waals surface area contributed by atoms with Gasteiger partial charge in [0.2, 0.25) is 0 Å². The van der Waals surface area contributed by atoms with Crippen molar-refractivity contribution in [3.63, 3.8) is 0 Å². The molecule has 1 unspecified atom stereocenters. The van der Waals surface area contributed by atoms with Gasteiger partial charge < -0.3 is 10.5 Å². The van der Waals surface area contributed by atoms with Crippen LogP contribution in [0, 0.1) is 11.8 Å². The normalized spacial score (nSPS) is 15.9. The highest BCUT2D eigenvalue weighted by Gasteiger charge is 2.31. The first-order valence-electron chi connectivity index (χ1n) is 6.79. The lowest BCUT2D eigenvalue weighted by Gasteiger charge is -2.43. The van der Waals surface area contributed by atoms with Crippen LogP contribution < -0.4 is 5.73 Å². The second-order valence-electron chi connectivity index (χ2n) is 6.13. The Morgan fingerprint density at radius 3 is 2.12 bits per heavy atom. The molecule has 0 aromatic carbocycles. The van der Waals surface area contributed by atoms with Gasteiger partial charge in [-0.1, -0.05) is 27.7 Å². The van der Waals surface area contributed by atoms with Gasteiger partial charge in [-0.3, -0.25) is 4.90 Å². The quantitative estimate of drug-likeness (QED) is 0.676. The second kappa shape index (κ2) is 8.06. The Bertz CT molecular complexity index is 195. The van der Waals surface area contributed by atoms with E-state index in [4.69, 9.17) is 10.5 Å². The molecule has 0 aromatic rings. The molecule has 0 radical (unpaired) electrons. The zero-order valence-electron chi connectivity index (χ0n) is 12.6. The molecular weight excluding hydrogens is 212 g/mol. The maximum atomic E-state index is 6.02. The van der Waals surface area contributed by atoms with Crippen molar-refractivity contribution in [3.05, 3.63) is 0 Å². The summed E-state index contributed by atoms with van der Waals surface area (Å²) in [6.07, 6.45) is 1.14. The van der Waals surface area contributed by atoms with E-state index in [1.54, 1.807) is 7.11 Å². The summed E-state index contributed by atoms with van der Waals surface area (Å²) in [6, 6.07) is 0. The van der Waals surface area contributed by atoms with Crippen LogP contribution in [0.3, 0.4) is 0 Å². The predicted octanol–water partition coefficient (Wildman–Crippen LogP) is 2.35. The molecule has 17 heavy (non-hydrogen) atoms. The van der Waals surface area contributed by atoms with E-state index in [0.29, 0.717) is 18.4 Å².